The molecule has 0 radical (unpaired) electrons. The summed E-state index contributed by atoms with van der Waals surface area (Å²) in [6, 6.07) is 11.7. The molecule has 6 nitrogen and oxygen atoms in total. The number of nitrogens with one attached hydrogen (secondary N) is 1. The average molecular weight is 396 g/mol. The molecular formula is C22H25FN4O2. The van der Waals surface area contributed by atoms with Crippen molar-refractivity contribution in [3.63, 3.8) is 0 Å². The Morgan fingerprint density at radius 1 is 1.31 bits per heavy atom. The van der Waals surface area contributed by atoms with Crippen molar-refractivity contribution in [3.05, 3.63) is 65.7 Å². The van der Waals surface area contributed by atoms with Crippen LogP contribution < -0.4 is 5.32 Å². The fourth-order valence-electron chi connectivity index (χ4n) is 4.23. The van der Waals surface area contributed by atoms with Gasteiger partial charge in [-0.15, -0.1) is 0 Å². The van der Waals surface area contributed by atoms with E-state index in [0.717, 1.165) is 24.1 Å². The quantitative estimate of drug-likeness (QED) is 0.845. The molecule has 4 rings (SSSR count). The van der Waals surface area contributed by atoms with Gasteiger partial charge in [0.25, 0.3) is 0 Å². The Morgan fingerprint density at radius 2 is 2.17 bits per heavy atom. The number of carbonyl (C=O) groups excluding carboxylic acids is 2. The zero-order chi connectivity index (χ0) is 20.4. The van der Waals surface area contributed by atoms with Gasteiger partial charge in [0.15, 0.2) is 0 Å². The molecule has 29 heavy (non-hydrogen) atoms. The zero-order valence-electron chi connectivity index (χ0n) is 16.5. The van der Waals surface area contributed by atoms with Crippen LogP contribution in [-0.4, -0.2) is 46.9 Å². The van der Waals surface area contributed by atoms with Crippen LogP contribution in [0.2, 0.25) is 0 Å². The number of likely N-dealkylation sites (tertiary alicyclic amines) is 1. The van der Waals surface area contributed by atoms with Crippen LogP contribution in [0, 0.1) is 17.2 Å². The smallest absolute Gasteiger partial charge is 0.317 e. The summed E-state index contributed by atoms with van der Waals surface area (Å²) in [7, 11) is 1.81. The van der Waals surface area contributed by atoms with E-state index in [-0.39, 0.29) is 35.6 Å². The molecule has 1 aromatic heterocycles. The van der Waals surface area contributed by atoms with Crippen molar-refractivity contribution >= 4 is 11.9 Å². The first kappa shape index (κ1) is 19.4. The SMILES string of the molecule is CN(Cc1ccccn1)C(=O)[C@H]1C[C@]12CCN(C(=O)NCc1cccc(F)c1)C2. The first-order valence-electron chi connectivity index (χ1n) is 9.89. The lowest BCUT2D eigenvalue weighted by Crippen LogP contribution is -2.38. The van der Waals surface area contributed by atoms with Crippen LogP contribution in [0.1, 0.15) is 24.1 Å². The maximum atomic E-state index is 13.3. The Bertz CT molecular complexity index is 907. The number of urea groups is 1. The molecule has 1 N–H and O–H groups in total. The van der Waals surface area contributed by atoms with Gasteiger partial charge in [-0.25, -0.2) is 9.18 Å². The van der Waals surface area contributed by atoms with E-state index in [1.807, 2.05) is 18.2 Å². The minimum Gasteiger partial charge on any atom is -0.340 e. The number of rotatable bonds is 5. The molecule has 7 heteroatoms. The molecule has 1 aromatic carbocycles. The molecule has 152 valence electrons. The van der Waals surface area contributed by atoms with Gasteiger partial charge in [0.1, 0.15) is 5.82 Å². The largest absolute Gasteiger partial charge is 0.340 e. The van der Waals surface area contributed by atoms with Gasteiger partial charge in [0.2, 0.25) is 5.91 Å². The van der Waals surface area contributed by atoms with Crippen molar-refractivity contribution in [2.75, 3.05) is 20.1 Å². The monoisotopic (exact) mass is 396 g/mol. The Morgan fingerprint density at radius 3 is 2.93 bits per heavy atom. The van der Waals surface area contributed by atoms with E-state index >= 15 is 0 Å². The van der Waals surface area contributed by atoms with Crippen LogP contribution in [0.3, 0.4) is 0 Å². The predicted octanol–water partition coefficient (Wildman–Crippen LogP) is 2.80. The number of pyridine rings is 1. The summed E-state index contributed by atoms with van der Waals surface area (Å²) in [5, 5.41) is 2.85. The number of hydrogen-bond donors (Lipinski definition) is 1. The van der Waals surface area contributed by atoms with Crippen LogP contribution >= 0.6 is 0 Å². The highest BCUT2D eigenvalue weighted by atomic mass is 19.1. The molecule has 2 aliphatic rings. The number of halogens is 1. The maximum Gasteiger partial charge on any atom is 0.317 e. The van der Waals surface area contributed by atoms with Gasteiger partial charge < -0.3 is 15.1 Å². The third-order valence-electron chi connectivity index (χ3n) is 5.99. The summed E-state index contributed by atoms with van der Waals surface area (Å²) >= 11 is 0. The Hall–Kier alpha value is -2.96. The first-order valence-corrected chi connectivity index (χ1v) is 9.89. The van der Waals surface area contributed by atoms with E-state index in [2.05, 4.69) is 10.3 Å². The average Bonchev–Trinajstić information content (AvgIpc) is 3.25. The molecule has 3 amide bonds. The zero-order valence-corrected chi connectivity index (χ0v) is 16.5. The third-order valence-corrected chi connectivity index (χ3v) is 5.99. The lowest BCUT2D eigenvalue weighted by Gasteiger charge is -2.20. The lowest BCUT2D eigenvalue weighted by molar-refractivity contribution is -0.132. The molecule has 1 saturated carbocycles. The second kappa shape index (κ2) is 7.81. The first-order chi connectivity index (χ1) is 14.0. The van der Waals surface area contributed by atoms with Gasteiger partial charge in [-0.05, 0) is 42.7 Å². The van der Waals surface area contributed by atoms with Crippen LogP contribution in [-0.2, 0) is 17.9 Å². The summed E-state index contributed by atoms with van der Waals surface area (Å²) in [5.74, 6) is -0.221. The van der Waals surface area contributed by atoms with Gasteiger partial charge in [0, 0.05) is 44.2 Å². The second-order valence-corrected chi connectivity index (χ2v) is 8.09. The number of nitrogens with zero attached hydrogens (tertiary/aromatic N) is 3. The standard InChI is InChI=1S/C22H25FN4O2/c1-26(14-18-7-2-3-9-24-18)20(28)19-12-22(19)8-10-27(15-22)21(29)25-13-16-5-4-6-17(23)11-16/h2-7,9,11,19H,8,10,12-15H2,1H3,(H,25,29)/t19-,22+/m1/s1. The van der Waals surface area contributed by atoms with E-state index < -0.39 is 0 Å². The summed E-state index contributed by atoms with van der Waals surface area (Å²) < 4.78 is 13.3. The highest BCUT2D eigenvalue weighted by Crippen LogP contribution is 2.59. The Labute approximate surface area is 169 Å². The Balaban J connectivity index is 1.28. The molecule has 0 bridgehead atoms. The highest BCUT2D eigenvalue weighted by molar-refractivity contribution is 5.83. The van der Waals surface area contributed by atoms with Crippen LogP contribution in [0.4, 0.5) is 9.18 Å². The van der Waals surface area contributed by atoms with Crippen molar-refractivity contribution in [1.29, 1.82) is 0 Å². The normalized spacial score (nSPS) is 22.6. The number of benzene rings is 1. The highest BCUT2D eigenvalue weighted by Gasteiger charge is 2.61. The van der Waals surface area contributed by atoms with Crippen LogP contribution in [0.5, 0.6) is 0 Å². The van der Waals surface area contributed by atoms with Gasteiger partial charge in [-0.3, -0.25) is 9.78 Å². The van der Waals surface area contributed by atoms with Gasteiger partial charge in [-0.2, -0.15) is 0 Å². The van der Waals surface area contributed by atoms with Crippen molar-refractivity contribution in [2.24, 2.45) is 11.3 Å². The van der Waals surface area contributed by atoms with Crippen molar-refractivity contribution in [1.82, 2.24) is 20.1 Å². The van der Waals surface area contributed by atoms with E-state index in [9.17, 15) is 14.0 Å². The molecule has 2 atom stereocenters. The minimum atomic E-state index is -0.314. The van der Waals surface area contributed by atoms with Crippen LogP contribution in [0.25, 0.3) is 0 Å². The molecular weight excluding hydrogens is 371 g/mol. The molecule has 2 heterocycles. The number of carbonyl (C=O) groups is 2. The Kier molecular flexibility index (Phi) is 5.22. The number of aromatic nitrogens is 1. The molecule has 2 aromatic rings. The molecule has 1 saturated heterocycles. The summed E-state index contributed by atoms with van der Waals surface area (Å²) in [5.41, 5.74) is 1.50. The number of hydrogen-bond acceptors (Lipinski definition) is 3. The van der Waals surface area contributed by atoms with E-state index in [4.69, 9.17) is 0 Å². The molecule has 1 spiro atoms. The fourth-order valence-corrected chi connectivity index (χ4v) is 4.23. The van der Waals surface area contributed by atoms with Gasteiger partial charge in [-0.1, -0.05) is 18.2 Å². The van der Waals surface area contributed by atoms with Crippen molar-refractivity contribution in [3.8, 4) is 0 Å². The molecule has 1 aliphatic carbocycles. The topological polar surface area (TPSA) is 65.5 Å². The van der Waals surface area contributed by atoms with Gasteiger partial charge in [0.05, 0.1) is 12.2 Å². The van der Waals surface area contributed by atoms with E-state index in [0.29, 0.717) is 19.6 Å². The minimum absolute atomic E-state index is 0.0303. The van der Waals surface area contributed by atoms with Gasteiger partial charge >= 0.3 is 6.03 Å². The fraction of sp³-hybridized carbons (Fsp3) is 0.409. The summed E-state index contributed by atoms with van der Waals surface area (Å²) in [6.07, 6.45) is 3.39. The van der Waals surface area contributed by atoms with E-state index in [1.165, 1.54) is 12.1 Å². The molecule has 2 fully saturated rings. The molecule has 0 unspecified atom stereocenters. The van der Waals surface area contributed by atoms with E-state index in [1.54, 1.807) is 35.2 Å². The molecule has 1 aliphatic heterocycles. The lowest BCUT2D eigenvalue weighted by atomic mass is 10.0. The maximum absolute atomic E-state index is 13.3. The van der Waals surface area contributed by atoms with Crippen molar-refractivity contribution in [2.45, 2.75) is 25.9 Å². The summed E-state index contributed by atoms with van der Waals surface area (Å²) in [4.78, 5) is 33.1. The third kappa shape index (κ3) is 4.23. The number of amides is 3. The van der Waals surface area contributed by atoms with Crippen molar-refractivity contribution < 1.29 is 14.0 Å². The predicted molar refractivity (Wildman–Crippen MR) is 106 cm³/mol. The van der Waals surface area contributed by atoms with Crippen LogP contribution in [0.15, 0.2) is 48.7 Å². The second-order valence-electron chi connectivity index (χ2n) is 8.09. The summed E-state index contributed by atoms with van der Waals surface area (Å²) in [6.45, 7) is 2.01.